The fourth-order valence-electron chi connectivity index (χ4n) is 8.61. The Morgan fingerprint density at radius 1 is 0.915 bits per heavy atom. The summed E-state index contributed by atoms with van der Waals surface area (Å²) in [7, 11) is 0. The second-order valence-corrected chi connectivity index (χ2v) is 15.2. The molecule has 1 aliphatic carbocycles. The zero-order valence-electron chi connectivity index (χ0n) is 32.3. The molecule has 2 saturated heterocycles. The highest BCUT2D eigenvalue weighted by atomic mass is 16.5. The number of benzene rings is 2. The number of nitrogen functional groups attached to an aromatic ring is 1. The standard InChI is InChI=1S/C41H45N9O9/c42-40-33(20-30(44-45-40)29-4-1-2-7-34(29)51)50-22-27(21-43-50)47-17-16-46(23-36(47)53)26-10-8-25(9-11-26)28-5-3-6-31-39(28)58-19-18-48(31)32-12-13-35(52)49(41(32)57)24-59-38(56)15-14-37(54)55/h1-7,20-22,25-26,32,51H,8-19,23-24H2,(H2,42,45)(H,54,55). The third-order valence-corrected chi connectivity index (χ3v) is 11.7. The summed E-state index contributed by atoms with van der Waals surface area (Å²) in [4.78, 5) is 69.7. The first kappa shape index (κ1) is 39.3. The molecule has 8 rings (SSSR count). The molecule has 3 amide bonds. The number of nitrogens with two attached hydrogens (primary N) is 1. The van der Waals surface area contributed by atoms with Crippen LogP contribution in [-0.2, 0) is 28.7 Å². The summed E-state index contributed by atoms with van der Waals surface area (Å²) in [5.41, 5.74) is 10.1. The molecule has 2 aromatic heterocycles. The molecule has 0 spiro atoms. The van der Waals surface area contributed by atoms with E-state index in [0.29, 0.717) is 55.3 Å². The fraction of sp³-hybridized carbons (Fsp3) is 0.415. The number of piperidine rings is 1. The first-order valence-corrected chi connectivity index (χ1v) is 19.8. The number of imide groups is 1. The van der Waals surface area contributed by atoms with E-state index in [4.69, 9.17) is 20.3 Å². The average molecular weight is 808 g/mol. The number of carboxylic acids is 1. The van der Waals surface area contributed by atoms with Crippen molar-refractivity contribution < 1.29 is 43.7 Å². The Hall–Kier alpha value is -6.56. The van der Waals surface area contributed by atoms with E-state index in [9.17, 15) is 29.1 Å². The topological polar surface area (TPSA) is 227 Å². The highest BCUT2D eigenvalue weighted by Crippen LogP contribution is 2.45. The normalized spacial score (nSPS) is 21.3. The van der Waals surface area contributed by atoms with E-state index < -0.39 is 42.9 Å². The number of phenolic OH excluding ortho intramolecular Hbond substituents is 1. The van der Waals surface area contributed by atoms with Gasteiger partial charge in [-0.2, -0.15) is 5.10 Å². The van der Waals surface area contributed by atoms with E-state index in [2.05, 4.69) is 26.3 Å². The van der Waals surface area contributed by atoms with Crippen LogP contribution in [0.4, 0.5) is 17.2 Å². The van der Waals surface area contributed by atoms with Crippen molar-refractivity contribution >= 4 is 46.9 Å². The lowest BCUT2D eigenvalue weighted by molar-refractivity contribution is -0.163. The lowest BCUT2D eigenvalue weighted by Crippen LogP contribution is -2.56. The summed E-state index contributed by atoms with van der Waals surface area (Å²) in [6, 6.07) is 14.1. The van der Waals surface area contributed by atoms with Gasteiger partial charge in [0.1, 0.15) is 29.8 Å². The number of aromatic hydroxyl groups is 1. The molecule has 1 unspecified atom stereocenters. The number of piperazine rings is 1. The number of rotatable bonds is 11. The van der Waals surface area contributed by atoms with Gasteiger partial charge in [0, 0.05) is 31.1 Å². The minimum Gasteiger partial charge on any atom is -0.507 e. The number of ether oxygens (including phenoxy) is 2. The number of aromatic nitrogens is 4. The van der Waals surface area contributed by atoms with E-state index in [-0.39, 0.29) is 48.8 Å². The minimum atomic E-state index is -1.14. The van der Waals surface area contributed by atoms with Crippen LogP contribution in [0.3, 0.4) is 0 Å². The van der Waals surface area contributed by atoms with Crippen molar-refractivity contribution in [2.45, 2.75) is 69.4 Å². The van der Waals surface area contributed by atoms with Crippen molar-refractivity contribution in [2.24, 2.45) is 0 Å². The lowest BCUT2D eigenvalue weighted by Gasteiger charge is -2.43. The van der Waals surface area contributed by atoms with E-state index in [0.717, 1.165) is 47.6 Å². The molecular formula is C41H45N9O9. The number of fused-ring (bicyclic) bond motifs is 1. The van der Waals surface area contributed by atoms with Crippen LogP contribution >= 0.6 is 0 Å². The number of nitrogens with zero attached hydrogens (tertiary/aromatic N) is 8. The Balaban J connectivity index is 0.879. The van der Waals surface area contributed by atoms with Crippen molar-refractivity contribution in [3.63, 3.8) is 0 Å². The Morgan fingerprint density at radius 2 is 1.73 bits per heavy atom. The quantitative estimate of drug-likeness (QED) is 0.146. The number of hydrogen-bond donors (Lipinski definition) is 3. The zero-order valence-corrected chi connectivity index (χ0v) is 32.3. The molecule has 4 aliphatic rings. The van der Waals surface area contributed by atoms with Crippen LogP contribution in [0.15, 0.2) is 60.9 Å². The average Bonchev–Trinajstić information content (AvgIpc) is 3.73. The van der Waals surface area contributed by atoms with Gasteiger partial charge in [-0.05, 0) is 67.9 Å². The molecule has 59 heavy (non-hydrogen) atoms. The number of carboxylic acid groups (broad SMARTS) is 1. The SMILES string of the molecule is Nc1nnc(-c2ccccc2O)cc1-n1cc(N2CCN(C3CCC(c4cccc5c4OCCN5C4CCC(=O)N(COC(=O)CCC(=O)O)C4=O)CC3)CC2=O)cn1. The molecule has 3 aliphatic heterocycles. The van der Waals surface area contributed by atoms with Gasteiger partial charge in [0.25, 0.3) is 5.91 Å². The summed E-state index contributed by atoms with van der Waals surface area (Å²) in [6.45, 7) is 1.74. The number of carbonyl (C=O) groups is 5. The van der Waals surface area contributed by atoms with Gasteiger partial charge >= 0.3 is 11.9 Å². The number of amides is 3. The second kappa shape index (κ2) is 16.7. The Kier molecular flexibility index (Phi) is 11.1. The number of para-hydroxylation sites is 2. The predicted molar refractivity (Wildman–Crippen MR) is 212 cm³/mol. The van der Waals surface area contributed by atoms with Gasteiger partial charge in [-0.3, -0.25) is 28.9 Å². The molecule has 1 saturated carbocycles. The van der Waals surface area contributed by atoms with Crippen molar-refractivity contribution in [1.29, 1.82) is 0 Å². The largest absolute Gasteiger partial charge is 0.507 e. The van der Waals surface area contributed by atoms with Gasteiger partial charge in [-0.25, -0.2) is 9.58 Å². The number of hydrogen-bond acceptors (Lipinski definition) is 14. The highest BCUT2D eigenvalue weighted by Gasteiger charge is 2.41. The number of likely N-dealkylation sites (tertiary alicyclic amines) is 1. The molecule has 308 valence electrons. The monoisotopic (exact) mass is 807 g/mol. The zero-order chi connectivity index (χ0) is 41.2. The van der Waals surface area contributed by atoms with Crippen LogP contribution in [0.1, 0.15) is 62.8 Å². The van der Waals surface area contributed by atoms with Crippen LogP contribution in [-0.4, -0.2) is 121 Å². The minimum absolute atomic E-state index is 0.0202. The van der Waals surface area contributed by atoms with Gasteiger partial charge in [0.15, 0.2) is 12.5 Å². The molecule has 18 nitrogen and oxygen atoms in total. The molecule has 5 heterocycles. The maximum absolute atomic E-state index is 13.6. The molecule has 2 aromatic carbocycles. The summed E-state index contributed by atoms with van der Waals surface area (Å²) in [5, 5.41) is 31.9. The fourth-order valence-corrected chi connectivity index (χ4v) is 8.61. The third kappa shape index (κ3) is 8.12. The third-order valence-electron chi connectivity index (χ3n) is 11.7. The Morgan fingerprint density at radius 3 is 2.51 bits per heavy atom. The van der Waals surface area contributed by atoms with Gasteiger partial charge in [-0.1, -0.05) is 24.3 Å². The number of esters is 1. The smallest absolute Gasteiger partial charge is 0.308 e. The summed E-state index contributed by atoms with van der Waals surface area (Å²) in [6.07, 6.45) is 6.62. The lowest BCUT2D eigenvalue weighted by atomic mass is 9.80. The maximum atomic E-state index is 13.6. The predicted octanol–water partition coefficient (Wildman–Crippen LogP) is 3.07. The van der Waals surface area contributed by atoms with Crippen LogP contribution < -0.4 is 20.3 Å². The highest BCUT2D eigenvalue weighted by molar-refractivity contribution is 6.02. The first-order valence-electron chi connectivity index (χ1n) is 19.8. The van der Waals surface area contributed by atoms with Crippen molar-refractivity contribution in [2.75, 3.05) is 55.1 Å². The Bertz CT molecular complexity index is 2270. The van der Waals surface area contributed by atoms with Gasteiger partial charge in [-0.15, -0.1) is 10.2 Å². The molecule has 0 bridgehead atoms. The molecule has 3 fully saturated rings. The number of anilines is 3. The van der Waals surface area contributed by atoms with Crippen LogP contribution in [0.25, 0.3) is 16.9 Å². The van der Waals surface area contributed by atoms with E-state index >= 15 is 0 Å². The van der Waals surface area contributed by atoms with Crippen LogP contribution in [0.5, 0.6) is 11.5 Å². The van der Waals surface area contributed by atoms with Gasteiger partial charge in [0.2, 0.25) is 11.8 Å². The first-order chi connectivity index (χ1) is 28.5. The maximum Gasteiger partial charge on any atom is 0.308 e. The molecule has 4 N–H and O–H groups in total. The molecule has 1 atom stereocenters. The van der Waals surface area contributed by atoms with Crippen molar-refractivity contribution in [3.05, 3.63) is 66.5 Å². The molecular weight excluding hydrogens is 763 g/mol. The molecule has 4 aromatic rings. The van der Waals surface area contributed by atoms with Gasteiger partial charge < -0.3 is 35.2 Å². The van der Waals surface area contributed by atoms with Crippen molar-refractivity contribution in [3.8, 4) is 28.4 Å². The van der Waals surface area contributed by atoms with Crippen LogP contribution in [0, 0.1) is 0 Å². The van der Waals surface area contributed by atoms with E-state index in [1.165, 1.54) is 0 Å². The van der Waals surface area contributed by atoms with Crippen LogP contribution in [0.2, 0.25) is 0 Å². The summed E-state index contributed by atoms with van der Waals surface area (Å²) >= 11 is 0. The molecule has 18 heteroatoms. The number of carbonyl (C=O) groups excluding carboxylic acids is 4. The molecule has 0 radical (unpaired) electrons. The van der Waals surface area contributed by atoms with Gasteiger partial charge in [0.05, 0.1) is 55.4 Å². The number of aliphatic carboxylic acids is 1. The number of phenols is 1. The van der Waals surface area contributed by atoms with E-state index in [1.807, 2.05) is 17.0 Å². The van der Waals surface area contributed by atoms with Crippen molar-refractivity contribution in [1.82, 2.24) is 29.8 Å². The summed E-state index contributed by atoms with van der Waals surface area (Å²) < 4.78 is 12.9. The Labute approximate surface area is 339 Å². The summed E-state index contributed by atoms with van der Waals surface area (Å²) in [5.74, 6) is -1.69. The van der Waals surface area contributed by atoms with E-state index in [1.54, 1.807) is 52.3 Å². The second-order valence-electron chi connectivity index (χ2n) is 15.2.